The van der Waals surface area contributed by atoms with Crippen LogP contribution in [0.15, 0.2) is 53.8 Å². The topological polar surface area (TPSA) is 33.4 Å². The van der Waals surface area contributed by atoms with E-state index in [-0.39, 0.29) is 12.1 Å². The first kappa shape index (κ1) is 17.7. The lowest BCUT2D eigenvalue weighted by atomic mass is 10.1. The summed E-state index contributed by atoms with van der Waals surface area (Å²) in [6.07, 6.45) is -1.50. The molecule has 0 spiro atoms. The van der Waals surface area contributed by atoms with Crippen LogP contribution >= 0.6 is 11.9 Å². The molecule has 0 amide bonds. The van der Waals surface area contributed by atoms with E-state index in [9.17, 15) is 17.6 Å². The van der Waals surface area contributed by atoms with Crippen LogP contribution in [-0.4, -0.2) is 31.6 Å². The zero-order chi connectivity index (χ0) is 18.0. The Morgan fingerprint density at radius 1 is 1.20 bits per heavy atom. The fourth-order valence-electron chi connectivity index (χ4n) is 2.45. The minimum absolute atomic E-state index is 0.0231. The molecule has 3 aromatic rings. The summed E-state index contributed by atoms with van der Waals surface area (Å²) in [4.78, 5) is 4.13. The maximum absolute atomic E-state index is 13.7. The van der Waals surface area contributed by atoms with E-state index >= 15 is 0 Å². The van der Waals surface area contributed by atoms with Crippen LogP contribution in [0.3, 0.4) is 0 Å². The summed E-state index contributed by atoms with van der Waals surface area (Å²) in [5.41, 5.74) is 0.524. The number of aromatic nitrogens is 3. The van der Waals surface area contributed by atoms with Gasteiger partial charge in [0.2, 0.25) is 0 Å². The van der Waals surface area contributed by atoms with Crippen molar-refractivity contribution in [3.63, 3.8) is 0 Å². The Balaban J connectivity index is 1.96. The van der Waals surface area contributed by atoms with Gasteiger partial charge in [0.15, 0.2) is 5.65 Å². The second-order valence-electron chi connectivity index (χ2n) is 5.21. The highest BCUT2D eigenvalue weighted by atomic mass is 32.2. The van der Waals surface area contributed by atoms with Crippen LogP contribution in [-0.2, 0) is 0 Å². The second-order valence-corrected chi connectivity index (χ2v) is 6.28. The van der Waals surface area contributed by atoms with Crippen molar-refractivity contribution in [3.8, 4) is 0 Å². The van der Waals surface area contributed by atoms with Crippen molar-refractivity contribution in [2.75, 3.05) is 6.54 Å². The first-order chi connectivity index (χ1) is 11.9. The minimum atomic E-state index is -4.52. The second kappa shape index (κ2) is 7.01. The van der Waals surface area contributed by atoms with Gasteiger partial charge in [-0.1, -0.05) is 19.1 Å². The van der Waals surface area contributed by atoms with E-state index in [1.165, 1.54) is 21.2 Å². The van der Waals surface area contributed by atoms with E-state index in [2.05, 4.69) is 10.1 Å². The van der Waals surface area contributed by atoms with Gasteiger partial charge < -0.3 is 0 Å². The first-order valence-electron chi connectivity index (χ1n) is 7.45. The summed E-state index contributed by atoms with van der Waals surface area (Å²) in [5.74, 6) is -0.577. The smallest absolute Gasteiger partial charge is 0.234 e. The standard InChI is InChI=1S/C16H14F4N4S/c1-2-23(25-14-10-21-13-4-3-9-22-24(13)14)15(16(18,19)20)11-5-7-12(17)8-6-11/h3-10,15H,2H2,1H3/t15-/m1/s1. The molecule has 2 aromatic heterocycles. The number of nitrogens with zero attached hydrogens (tertiary/aromatic N) is 4. The van der Waals surface area contributed by atoms with Gasteiger partial charge in [-0.25, -0.2) is 18.2 Å². The molecule has 0 saturated carbocycles. The summed E-state index contributed by atoms with van der Waals surface area (Å²) in [5, 5.41) is 4.58. The first-order valence-corrected chi connectivity index (χ1v) is 8.23. The lowest BCUT2D eigenvalue weighted by Crippen LogP contribution is -2.34. The van der Waals surface area contributed by atoms with Gasteiger partial charge in [0.1, 0.15) is 16.9 Å². The molecule has 132 valence electrons. The zero-order valence-corrected chi connectivity index (χ0v) is 13.9. The molecule has 4 nitrogen and oxygen atoms in total. The van der Waals surface area contributed by atoms with E-state index < -0.39 is 18.0 Å². The SMILES string of the molecule is CCN(Sc1cnc2cccnn12)[C@H](c1ccc(F)cc1)C(F)(F)F. The molecule has 0 aliphatic heterocycles. The van der Waals surface area contributed by atoms with Crippen molar-refractivity contribution < 1.29 is 17.6 Å². The van der Waals surface area contributed by atoms with Gasteiger partial charge in [0, 0.05) is 12.7 Å². The van der Waals surface area contributed by atoms with Crippen LogP contribution in [0.1, 0.15) is 18.5 Å². The molecule has 2 heterocycles. The maximum atomic E-state index is 13.7. The third kappa shape index (κ3) is 3.77. The molecule has 1 atom stereocenters. The number of alkyl halides is 3. The Labute approximate surface area is 145 Å². The molecule has 25 heavy (non-hydrogen) atoms. The molecule has 0 N–H and O–H groups in total. The fraction of sp³-hybridized carbons (Fsp3) is 0.250. The zero-order valence-electron chi connectivity index (χ0n) is 13.1. The van der Waals surface area contributed by atoms with Gasteiger partial charge in [0.05, 0.1) is 6.20 Å². The van der Waals surface area contributed by atoms with Gasteiger partial charge >= 0.3 is 6.18 Å². The van der Waals surface area contributed by atoms with Crippen LogP contribution in [0.4, 0.5) is 17.6 Å². The lowest BCUT2D eigenvalue weighted by molar-refractivity contribution is -0.172. The molecule has 3 rings (SSSR count). The third-order valence-corrected chi connectivity index (χ3v) is 4.72. The summed E-state index contributed by atoms with van der Waals surface area (Å²) in [7, 11) is 0. The number of benzene rings is 1. The molecule has 0 aliphatic carbocycles. The highest BCUT2D eigenvalue weighted by Gasteiger charge is 2.45. The van der Waals surface area contributed by atoms with Crippen LogP contribution in [0.2, 0.25) is 0 Å². The molecule has 0 radical (unpaired) electrons. The van der Waals surface area contributed by atoms with Crippen LogP contribution in [0.25, 0.3) is 5.65 Å². The molecule has 0 unspecified atom stereocenters. The van der Waals surface area contributed by atoms with Gasteiger partial charge in [-0.3, -0.25) is 0 Å². The average Bonchev–Trinajstić information content (AvgIpc) is 2.98. The normalized spacial score (nSPS) is 13.5. The van der Waals surface area contributed by atoms with E-state index in [4.69, 9.17) is 0 Å². The van der Waals surface area contributed by atoms with Crippen molar-refractivity contribution in [3.05, 3.63) is 60.2 Å². The molecular formula is C16H14F4N4S. The number of fused-ring (bicyclic) bond motifs is 1. The van der Waals surface area contributed by atoms with Gasteiger partial charge in [-0.2, -0.15) is 18.3 Å². The molecule has 0 aliphatic rings. The number of hydrogen-bond donors (Lipinski definition) is 0. The quantitative estimate of drug-likeness (QED) is 0.489. The molecule has 1 aromatic carbocycles. The Morgan fingerprint density at radius 3 is 2.56 bits per heavy atom. The van der Waals surface area contributed by atoms with Gasteiger partial charge in [-0.05, 0) is 41.8 Å². The summed E-state index contributed by atoms with van der Waals surface area (Å²) in [6.45, 7) is 1.75. The number of imidazole rings is 1. The van der Waals surface area contributed by atoms with Crippen molar-refractivity contribution in [1.82, 2.24) is 18.9 Å². The molecule has 0 fully saturated rings. The predicted molar refractivity (Wildman–Crippen MR) is 86.4 cm³/mol. The molecule has 9 heteroatoms. The van der Waals surface area contributed by atoms with E-state index in [1.54, 1.807) is 19.1 Å². The number of hydrogen-bond acceptors (Lipinski definition) is 4. The monoisotopic (exact) mass is 370 g/mol. The molecule has 0 bridgehead atoms. The number of rotatable bonds is 5. The van der Waals surface area contributed by atoms with Crippen molar-refractivity contribution in [2.45, 2.75) is 24.2 Å². The lowest BCUT2D eigenvalue weighted by Gasteiger charge is -2.31. The van der Waals surface area contributed by atoms with E-state index in [1.807, 2.05) is 0 Å². The average molecular weight is 370 g/mol. The Hall–Kier alpha value is -2.13. The van der Waals surface area contributed by atoms with Crippen molar-refractivity contribution in [1.29, 1.82) is 0 Å². The largest absolute Gasteiger partial charge is 0.408 e. The van der Waals surface area contributed by atoms with Crippen molar-refractivity contribution in [2.24, 2.45) is 0 Å². The Kier molecular flexibility index (Phi) is 4.96. The summed E-state index contributed by atoms with van der Waals surface area (Å²) in [6, 6.07) is 5.91. The minimum Gasteiger partial charge on any atom is -0.234 e. The van der Waals surface area contributed by atoms with Crippen LogP contribution in [0.5, 0.6) is 0 Å². The fourth-order valence-corrected chi connectivity index (χ4v) is 3.49. The summed E-state index contributed by atoms with van der Waals surface area (Å²) >= 11 is 0.916. The maximum Gasteiger partial charge on any atom is 0.408 e. The van der Waals surface area contributed by atoms with Crippen LogP contribution < -0.4 is 0 Å². The van der Waals surface area contributed by atoms with E-state index in [0.29, 0.717) is 10.7 Å². The number of halogens is 4. The van der Waals surface area contributed by atoms with E-state index in [0.717, 1.165) is 36.2 Å². The predicted octanol–water partition coefficient (Wildman–Crippen LogP) is 4.50. The Bertz CT molecular complexity index is 847. The molecule has 0 saturated heterocycles. The van der Waals surface area contributed by atoms with Gasteiger partial charge in [0.25, 0.3) is 0 Å². The van der Waals surface area contributed by atoms with Crippen molar-refractivity contribution >= 4 is 17.6 Å². The highest BCUT2D eigenvalue weighted by Crippen LogP contribution is 2.42. The van der Waals surface area contributed by atoms with Crippen LogP contribution in [0, 0.1) is 5.82 Å². The third-order valence-electron chi connectivity index (χ3n) is 3.55. The summed E-state index contributed by atoms with van der Waals surface area (Å²) < 4.78 is 56.9. The molecular weight excluding hydrogens is 356 g/mol. The highest BCUT2D eigenvalue weighted by molar-refractivity contribution is 7.97. The van der Waals surface area contributed by atoms with Gasteiger partial charge in [-0.15, -0.1) is 0 Å². The Morgan fingerprint density at radius 2 is 1.92 bits per heavy atom.